The summed E-state index contributed by atoms with van der Waals surface area (Å²) in [7, 11) is -2.15. The molecule has 2 aromatic rings. The van der Waals surface area contributed by atoms with E-state index in [4.69, 9.17) is 4.74 Å². The zero-order valence-electron chi connectivity index (χ0n) is 11.5. The maximum Gasteiger partial charge on any atom is 0.284 e. The average Bonchev–Trinajstić information content (AvgIpc) is 2.94. The lowest BCUT2D eigenvalue weighted by Crippen LogP contribution is -2.13. The van der Waals surface area contributed by atoms with Crippen LogP contribution in [-0.2, 0) is 16.4 Å². The van der Waals surface area contributed by atoms with Crippen molar-refractivity contribution in [2.24, 2.45) is 0 Å². The summed E-state index contributed by atoms with van der Waals surface area (Å²) in [6, 6.07) is 6.17. The molecular formula is C13H17N3O3S. The van der Waals surface area contributed by atoms with Crippen LogP contribution in [0.3, 0.4) is 0 Å². The van der Waals surface area contributed by atoms with Crippen LogP contribution in [-0.4, -0.2) is 29.9 Å². The van der Waals surface area contributed by atoms with E-state index >= 15 is 0 Å². The predicted octanol–water partition coefficient (Wildman–Crippen LogP) is 1.87. The first-order valence-corrected chi connectivity index (χ1v) is 7.82. The van der Waals surface area contributed by atoms with Gasteiger partial charge < -0.3 is 4.74 Å². The molecule has 0 aliphatic heterocycles. The number of ether oxygens (including phenoxy) is 1. The Morgan fingerprint density at radius 1 is 1.25 bits per heavy atom. The molecule has 0 spiro atoms. The fourth-order valence-corrected chi connectivity index (χ4v) is 2.82. The van der Waals surface area contributed by atoms with Crippen LogP contribution in [0.4, 0.5) is 0 Å². The molecule has 0 bridgehead atoms. The molecule has 0 saturated heterocycles. The van der Waals surface area contributed by atoms with Gasteiger partial charge in [0.1, 0.15) is 5.75 Å². The van der Waals surface area contributed by atoms with Crippen molar-refractivity contribution in [3.63, 3.8) is 0 Å². The molecule has 0 aliphatic rings. The Labute approximate surface area is 118 Å². The Hall–Kier alpha value is -1.89. The molecule has 1 heterocycles. The molecule has 0 amide bonds. The van der Waals surface area contributed by atoms with Crippen LogP contribution >= 0.6 is 0 Å². The van der Waals surface area contributed by atoms with Gasteiger partial charge in [0.05, 0.1) is 23.9 Å². The Morgan fingerprint density at radius 2 is 1.95 bits per heavy atom. The lowest BCUT2D eigenvalue weighted by Gasteiger charge is -2.04. The van der Waals surface area contributed by atoms with Crippen molar-refractivity contribution < 1.29 is 13.2 Å². The molecule has 1 aromatic heterocycles. The lowest BCUT2D eigenvalue weighted by molar-refractivity contribution is 0.414. The average molecular weight is 295 g/mol. The monoisotopic (exact) mass is 295 g/mol. The molecular weight excluding hydrogens is 278 g/mol. The second-order valence-corrected chi connectivity index (χ2v) is 6.16. The van der Waals surface area contributed by atoms with Crippen LogP contribution in [0.1, 0.15) is 25.5 Å². The van der Waals surface area contributed by atoms with Gasteiger partial charge >= 0.3 is 0 Å². The highest BCUT2D eigenvalue weighted by molar-refractivity contribution is 7.89. The first-order chi connectivity index (χ1) is 9.57. The topological polar surface area (TPSA) is 74.1 Å². The number of hydrogen-bond acceptors (Lipinski definition) is 5. The minimum atomic E-state index is -3.68. The van der Waals surface area contributed by atoms with E-state index < -0.39 is 10.0 Å². The van der Waals surface area contributed by atoms with E-state index in [1.165, 1.54) is 25.4 Å². The third kappa shape index (κ3) is 2.98. The van der Waals surface area contributed by atoms with Crippen molar-refractivity contribution in [2.75, 3.05) is 7.11 Å². The quantitative estimate of drug-likeness (QED) is 0.813. The number of methoxy groups -OCH3 is 1. The predicted molar refractivity (Wildman–Crippen MR) is 74.2 cm³/mol. The molecule has 0 unspecified atom stereocenters. The Kier molecular flexibility index (Phi) is 4.39. The number of aryl methyl sites for hydroxylation is 1. The first kappa shape index (κ1) is 14.5. The molecule has 108 valence electrons. The van der Waals surface area contributed by atoms with E-state index in [2.05, 4.69) is 17.2 Å². The van der Waals surface area contributed by atoms with Crippen LogP contribution in [0.15, 0.2) is 35.4 Å². The maximum atomic E-state index is 12.3. The van der Waals surface area contributed by atoms with Crippen LogP contribution in [0.25, 0.3) is 0 Å². The van der Waals surface area contributed by atoms with Gasteiger partial charge in [0, 0.05) is 0 Å². The number of unbranched alkanes of at least 4 members (excludes halogenated alkanes) is 1. The van der Waals surface area contributed by atoms with Crippen LogP contribution in [0, 0.1) is 0 Å². The molecule has 6 nitrogen and oxygen atoms in total. The largest absolute Gasteiger partial charge is 0.497 e. The fourth-order valence-electron chi connectivity index (χ4n) is 1.73. The number of benzene rings is 1. The molecule has 2 rings (SSSR count). The third-order valence-electron chi connectivity index (χ3n) is 2.91. The van der Waals surface area contributed by atoms with Gasteiger partial charge in [-0.15, -0.1) is 9.19 Å². The van der Waals surface area contributed by atoms with E-state index in [9.17, 15) is 8.42 Å². The van der Waals surface area contributed by atoms with Gasteiger partial charge in [0.2, 0.25) is 0 Å². The normalized spacial score (nSPS) is 11.5. The minimum Gasteiger partial charge on any atom is -0.497 e. The van der Waals surface area contributed by atoms with Crippen molar-refractivity contribution in [1.82, 2.24) is 14.4 Å². The summed E-state index contributed by atoms with van der Waals surface area (Å²) in [6.45, 7) is 2.07. The summed E-state index contributed by atoms with van der Waals surface area (Å²) >= 11 is 0. The van der Waals surface area contributed by atoms with Crippen molar-refractivity contribution in [3.05, 3.63) is 36.2 Å². The van der Waals surface area contributed by atoms with Crippen molar-refractivity contribution in [1.29, 1.82) is 0 Å². The van der Waals surface area contributed by atoms with Crippen LogP contribution < -0.4 is 4.74 Å². The van der Waals surface area contributed by atoms with Gasteiger partial charge in [-0.2, -0.15) is 8.42 Å². The number of hydrogen-bond donors (Lipinski definition) is 0. The smallest absolute Gasteiger partial charge is 0.284 e. The Balaban J connectivity index is 2.26. The molecule has 7 heteroatoms. The van der Waals surface area contributed by atoms with E-state index in [1.807, 2.05) is 0 Å². The highest BCUT2D eigenvalue weighted by Crippen LogP contribution is 2.17. The van der Waals surface area contributed by atoms with Crippen molar-refractivity contribution in [2.45, 2.75) is 31.1 Å². The highest BCUT2D eigenvalue weighted by Gasteiger charge is 2.18. The molecule has 0 N–H and O–H groups in total. The zero-order valence-corrected chi connectivity index (χ0v) is 12.3. The molecule has 0 aliphatic carbocycles. The molecule has 0 radical (unpaired) electrons. The molecule has 0 saturated carbocycles. The molecule has 0 fully saturated rings. The summed E-state index contributed by atoms with van der Waals surface area (Å²) in [4.78, 5) is 0.158. The summed E-state index contributed by atoms with van der Waals surface area (Å²) < 4.78 is 30.6. The van der Waals surface area contributed by atoms with Gasteiger partial charge in [-0.05, 0) is 37.1 Å². The van der Waals surface area contributed by atoms with Crippen molar-refractivity contribution >= 4 is 10.0 Å². The summed E-state index contributed by atoms with van der Waals surface area (Å²) in [5.74, 6) is 0.603. The number of aromatic nitrogens is 3. The van der Waals surface area contributed by atoms with Gasteiger partial charge in [-0.3, -0.25) is 0 Å². The minimum absolute atomic E-state index is 0.158. The second kappa shape index (κ2) is 6.04. The van der Waals surface area contributed by atoms with E-state index in [0.29, 0.717) is 11.4 Å². The van der Waals surface area contributed by atoms with E-state index in [0.717, 1.165) is 23.3 Å². The van der Waals surface area contributed by atoms with Gasteiger partial charge in [-0.25, -0.2) is 0 Å². The molecule has 0 atom stereocenters. The van der Waals surface area contributed by atoms with Gasteiger partial charge in [0.15, 0.2) is 0 Å². The van der Waals surface area contributed by atoms with Crippen LogP contribution in [0.5, 0.6) is 5.75 Å². The molecule has 20 heavy (non-hydrogen) atoms. The maximum absolute atomic E-state index is 12.3. The standard InChI is InChI=1S/C13H17N3O3S/c1-3-4-5-11-10-16(15-14-11)20(17,18)13-8-6-12(19-2)7-9-13/h6-10H,3-5H2,1-2H3. The number of nitrogens with zero attached hydrogens (tertiary/aromatic N) is 3. The van der Waals surface area contributed by atoms with Gasteiger partial charge in [-0.1, -0.05) is 18.6 Å². The van der Waals surface area contributed by atoms with Crippen molar-refractivity contribution in [3.8, 4) is 5.75 Å². The third-order valence-corrected chi connectivity index (χ3v) is 4.45. The summed E-state index contributed by atoms with van der Waals surface area (Å²) in [6.07, 6.45) is 4.18. The Morgan fingerprint density at radius 3 is 2.55 bits per heavy atom. The highest BCUT2D eigenvalue weighted by atomic mass is 32.2. The van der Waals surface area contributed by atoms with E-state index in [1.54, 1.807) is 12.1 Å². The first-order valence-electron chi connectivity index (χ1n) is 6.38. The number of rotatable bonds is 6. The molecule has 1 aromatic carbocycles. The SMILES string of the molecule is CCCCc1cn(S(=O)(=O)c2ccc(OC)cc2)nn1. The zero-order chi connectivity index (χ0) is 14.6. The van der Waals surface area contributed by atoms with Gasteiger partial charge in [0.25, 0.3) is 10.0 Å². The lowest BCUT2D eigenvalue weighted by atomic mass is 10.2. The second-order valence-electron chi connectivity index (χ2n) is 4.37. The summed E-state index contributed by atoms with van der Waals surface area (Å²) in [5, 5.41) is 7.60. The van der Waals surface area contributed by atoms with Crippen LogP contribution in [0.2, 0.25) is 0 Å². The summed E-state index contributed by atoms with van der Waals surface area (Å²) in [5.41, 5.74) is 0.684. The fraction of sp³-hybridized carbons (Fsp3) is 0.385. The van der Waals surface area contributed by atoms with E-state index in [-0.39, 0.29) is 4.90 Å². The Bertz CT molecular complexity index is 662.